The zero-order valence-corrected chi connectivity index (χ0v) is 11.7. The van der Waals surface area contributed by atoms with Crippen molar-refractivity contribution in [2.45, 2.75) is 38.5 Å². The molecule has 1 atom stereocenters. The lowest BCUT2D eigenvalue weighted by molar-refractivity contribution is 0.393. The maximum absolute atomic E-state index is 5.39. The topological polar surface area (TPSA) is 76.7 Å². The zero-order chi connectivity index (χ0) is 13.1. The first-order valence-corrected chi connectivity index (χ1v) is 7.51. The van der Waals surface area contributed by atoms with E-state index in [0.717, 1.165) is 55.2 Å². The molecule has 3 heterocycles. The Morgan fingerprint density at radius 2 is 2.42 bits per heavy atom. The van der Waals surface area contributed by atoms with E-state index in [4.69, 9.17) is 4.52 Å². The third-order valence-corrected chi connectivity index (χ3v) is 4.10. The van der Waals surface area contributed by atoms with Gasteiger partial charge in [-0.3, -0.25) is 0 Å². The molecule has 1 aliphatic heterocycles. The Hall–Kier alpha value is -1.34. The maximum atomic E-state index is 5.39. The minimum atomic E-state index is 0.363. The normalized spacial score (nSPS) is 19.7. The van der Waals surface area contributed by atoms with Crippen molar-refractivity contribution in [3.63, 3.8) is 0 Å². The standard InChI is InChI=1S/C12H17N5OS/c1-2-4-9-10(19-17-15-9)12-14-11(16-18-12)8-5-3-6-13-7-8/h8,13H,2-7H2,1H3. The fourth-order valence-electron chi connectivity index (χ4n) is 2.34. The van der Waals surface area contributed by atoms with E-state index in [-0.39, 0.29) is 0 Å². The van der Waals surface area contributed by atoms with Gasteiger partial charge < -0.3 is 9.84 Å². The van der Waals surface area contributed by atoms with Crippen LogP contribution in [0.4, 0.5) is 0 Å². The van der Waals surface area contributed by atoms with Crippen molar-refractivity contribution < 1.29 is 4.52 Å². The van der Waals surface area contributed by atoms with Gasteiger partial charge in [-0.2, -0.15) is 4.98 Å². The van der Waals surface area contributed by atoms with Crippen LogP contribution in [0.25, 0.3) is 10.8 Å². The van der Waals surface area contributed by atoms with Crippen molar-refractivity contribution >= 4 is 11.5 Å². The first-order valence-electron chi connectivity index (χ1n) is 6.74. The van der Waals surface area contributed by atoms with E-state index in [2.05, 4.69) is 32.0 Å². The summed E-state index contributed by atoms with van der Waals surface area (Å²) in [6.07, 6.45) is 4.22. The zero-order valence-electron chi connectivity index (χ0n) is 10.9. The van der Waals surface area contributed by atoms with Crippen molar-refractivity contribution in [3.8, 4) is 10.8 Å². The van der Waals surface area contributed by atoms with Gasteiger partial charge in [0.2, 0.25) is 0 Å². The summed E-state index contributed by atoms with van der Waals surface area (Å²) < 4.78 is 9.38. The third-order valence-electron chi connectivity index (χ3n) is 3.34. The van der Waals surface area contributed by atoms with Gasteiger partial charge in [0.25, 0.3) is 5.89 Å². The van der Waals surface area contributed by atoms with Crippen molar-refractivity contribution in [1.82, 2.24) is 25.0 Å². The summed E-state index contributed by atoms with van der Waals surface area (Å²) in [7, 11) is 0. The predicted molar refractivity (Wildman–Crippen MR) is 72.0 cm³/mol. The first kappa shape index (κ1) is 12.7. The highest BCUT2D eigenvalue weighted by Crippen LogP contribution is 2.28. The third kappa shape index (κ3) is 2.66. The molecule has 0 radical (unpaired) electrons. The summed E-state index contributed by atoms with van der Waals surface area (Å²) >= 11 is 1.33. The summed E-state index contributed by atoms with van der Waals surface area (Å²) in [4.78, 5) is 5.45. The molecule has 1 aliphatic rings. The van der Waals surface area contributed by atoms with Gasteiger partial charge in [0.15, 0.2) is 5.82 Å². The monoisotopic (exact) mass is 279 g/mol. The molecule has 0 amide bonds. The number of piperidine rings is 1. The second-order valence-electron chi connectivity index (χ2n) is 4.80. The van der Waals surface area contributed by atoms with Crippen LogP contribution in [0.15, 0.2) is 4.52 Å². The van der Waals surface area contributed by atoms with Gasteiger partial charge in [-0.25, -0.2) is 0 Å². The average Bonchev–Trinajstić information content (AvgIpc) is 3.08. The summed E-state index contributed by atoms with van der Waals surface area (Å²) in [5.74, 6) is 1.74. The number of aromatic nitrogens is 4. The van der Waals surface area contributed by atoms with Crippen LogP contribution in [0.1, 0.15) is 43.6 Å². The van der Waals surface area contributed by atoms with E-state index in [9.17, 15) is 0 Å². The Labute approximate surface area is 115 Å². The summed E-state index contributed by atoms with van der Waals surface area (Å²) in [6.45, 7) is 4.14. The van der Waals surface area contributed by atoms with Crippen LogP contribution in [-0.4, -0.2) is 32.8 Å². The molecule has 0 spiro atoms. The molecule has 1 N–H and O–H groups in total. The molecule has 0 aromatic carbocycles. The molecule has 102 valence electrons. The van der Waals surface area contributed by atoms with Gasteiger partial charge in [0.05, 0.1) is 5.69 Å². The molecule has 2 aromatic heterocycles. The molecule has 1 fully saturated rings. The number of hydrogen-bond acceptors (Lipinski definition) is 7. The quantitative estimate of drug-likeness (QED) is 0.922. The van der Waals surface area contributed by atoms with E-state index in [1.807, 2.05) is 0 Å². The Kier molecular flexibility index (Phi) is 3.84. The van der Waals surface area contributed by atoms with Crippen molar-refractivity contribution in [2.24, 2.45) is 0 Å². The molecule has 6 nitrogen and oxygen atoms in total. The molecule has 7 heteroatoms. The van der Waals surface area contributed by atoms with E-state index in [1.54, 1.807) is 0 Å². The molecule has 0 aliphatic carbocycles. The highest BCUT2D eigenvalue weighted by Gasteiger charge is 2.23. The fraction of sp³-hybridized carbons (Fsp3) is 0.667. The lowest BCUT2D eigenvalue weighted by Crippen LogP contribution is -2.28. The largest absolute Gasteiger partial charge is 0.333 e. The van der Waals surface area contributed by atoms with Gasteiger partial charge >= 0.3 is 0 Å². The number of nitrogens with zero attached hydrogens (tertiary/aromatic N) is 4. The van der Waals surface area contributed by atoms with Crippen LogP contribution in [0.2, 0.25) is 0 Å². The second-order valence-corrected chi connectivity index (χ2v) is 5.55. The minimum Gasteiger partial charge on any atom is -0.333 e. The number of nitrogens with one attached hydrogen (secondary N) is 1. The highest BCUT2D eigenvalue weighted by atomic mass is 32.1. The minimum absolute atomic E-state index is 0.363. The first-order chi connectivity index (χ1) is 9.38. The molecule has 1 unspecified atom stereocenters. The van der Waals surface area contributed by atoms with Crippen LogP contribution < -0.4 is 5.32 Å². The lowest BCUT2D eigenvalue weighted by atomic mass is 9.99. The highest BCUT2D eigenvalue weighted by molar-refractivity contribution is 7.09. The van der Waals surface area contributed by atoms with E-state index in [0.29, 0.717) is 11.8 Å². The van der Waals surface area contributed by atoms with Gasteiger partial charge in [-0.15, -0.1) is 5.10 Å². The number of rotatable bonds is 4. The van der Waals surface area contributed by atoms with Crippen LogP contribution in [-0.2, 0) is 6.42 Å². The van der Waals surface area contributed by atoms with Crippen molar-refractivity contribution in [3.05, 3.63) is 11.5 Å². The van der Waals surface area contributed by atoms with Crippen LogP contribution in [0.3, 0.4) is 0 Å². The SMILES string of the molecule is CCCc1nnsc1-c1nc(C2CCCNC2)no1. The summed E-state index contributed by atoms with van der Waals surface area (Å²) in [6, 6.07) is 0. The van der Waals surface area contributed by atoms with E-state index < -0.39 is 0 Å². The van der Waals surface area contributed by atoms with Crippen LogP contribution in [0, 0.1) is 0 Å². The Balaban J connectivity index is 1.81. The average molecular weight is 279 g/mol. The maximum Gasteiger partial charge on any atom is 0.271 e. The predicted octanol–water partition coefficient (Wildman–Crippen LogP) is 2.01. The summed E-state index contributed by atoms with van der Waals surface area (Å²) in [5, 5.41) is 11.6. The smallest absolute Gasteiger partial charge is 0.271 e. The molecular formula is C12H17N5OS. The summed E-state index contributed by atoms with van der Waals surface area (Å²) in [5.41, 5.74) is 0.962. The van der Waals surface area contributed by atoms with Crippen molar-refractivity contribution in [2.75, 3.05) is 13.1 Å². The molecule has 2 aromatic rings. The van der Waals surface area contributed by atoms with Gasteiger partial charge in [0.1, 0.15) is 4.88 Å². The number of hydrogen-bond donors (Lipinski definition) is 1. The Morgan fingerprint density at radius 3 is 3.21 bits per heavy atom. The number of aryl methyl sites for hydroxylation is 1. The van der Waals surface area contributed by atoms with Gasteiger partial charge in [0, 0.05) is 12.5 Å². The van der Waals surface area contributed by atoms with Gasteiger partial charge in [-0.05, 0) is 37.3 Å². The molecule has 1 saturated heterocycles. The van der Waals surface area contributed by atoms with E-state index >= 15 is 0 Å². The van der Waals surface area contributed by atoms with Crippen LogP contribution in [0.5, 0.6) is 0 Å². The Bertz CT molecular complexity index is 532. The molecule has 19 heavy (non-hydrogen) atoms. The Morgan fingerprint density at radius 1 is 1.47 bits per heavy atom. The van der Waals surface area contributed by atoms with E-state index in [1.165, 1.54) is 11.5 Å². The second kappa shape index (κ2) is 5.75. The van der Waals surface area contributed by atoms with Gasteiger partial charge in [-0.1, -0.05) is 23.0 Å². The van der Waals surface area contributed by atoms with Crippen molar-refractivity contribution in [1.29, 1.82) is 0 Å². The molecular weight excluding hydrogens is 262 g/mol. The lowest BCUT2D eigenvalue weighted by Gasteiger charge is -2.19. The van der Waals surface area contributed by atoms with Crippen LogP contribution >= 0.6 is 11.5 Å². The fourth-order valence-corrected chi connectivity index (χ4v) is 2.97. The molecule has 0 saturated carbocycles. The molecule has 3 rings (SSSR count). The molecule has 0 bridgehead atoms.